The Balaban J connectivity index is 1.69. The van der Waals surface area contributed by atoms with E-state index in [0.29, 0.717) is 22.2 Å². The molecule has 1 unspecified atom stereocenters. The van der Waals surface area contributed by atoms with Gasteiger partial charge in [0.2, 0.25) is 0 Å². The Morgan fingerprint density at radius 1 is 1.08 bits per heavy atom. The summed E-state index contributed by atoms with van der Waals surface area (Å²) in [5.74, 6) is 0.551. The van der Waals surface area contributed by atoms with Gasteiger partial charge in [-0.2, -0.15) is 0 Å². The van der Waals surface area contributed by atoms with Crippen LogP contribution in [-0.4, -0.2) is 12.0 Å². The van der Waals surface area contributed by atoms with Crippen molar-refractivity contribution in [1.82, 2.24) is 0 Å². The summed E-state index contributed by atoms with van der Waals surface area (Å²) in [6.07, 6.45) is 4.69. The number of fused-ring (bicyclic) bond motifs is 1. The smallest absolute Gasteiger partial charge is 0.265 e. The van der Waals surface area contributed by atoms with Crippen LogP contribution in [0.1, 0.15) is 37.3 Å². The molecule has 1 amide bonds. The van der Waals surface area contributed by atoms with E-state index in [1.54, 1.807) is 18.2 Å². The van der Waals surface area contributed by atoms with Crippen LogP contribution >= 0.6 is 23.2 Å². The third-order valence-electron chi connectivity index (χ3n) is 4.45. The van der Waals surface area contributed by atoms with Crippen LogP contribution in [0.25, 0.3) is 0 Å². The molecule has 5 heteroatoms. The molecule has 0 bridgehead atoms. The van der Waals surface area contributed by atoms with E-state index < -0.39 is 6.10 Å². The number of ether oxygens (including phenoxy) is 1. The van der Waals surface area contributed by atoms with Crippen molar-refractivity contribution < 1.29 is 9.53 Å². The van der Waals surface area contributed by atoms with Gasteiger partial charge in [-0.3, -0.25) is 4.79 Å². The number of halogens is 2. The first-order valence-corrected chi connectivity index (χ1v) is 9.37. The van der Waals surface area contributed by atoms with Crippen LogP contribution in [0.3, 0.4) is 0 Å². The fourth-order valence-electron chi connectivity index (χ4n) is 3.07. The number of hydrogen-bond donors (Lipinski definition) is 1. The first-order valence-electron chi connectivity index (χ1n) is 8.61. The van der Waals surface area contributed by atoms with Crippen molar-refractivity contribution in [1.29, 1.82) is 0 Å². The first kappa shape index (κ1) is 18.1. The largest absolute Gasteiger partial charge is 0.481 e. The van der Waals surface area contributed by atoms with E-state index in [-0.39, 0.29) is 5.91 Å². The Labute approximate surface area is 158 Å². The van der Waals surface area contributed by atoms with E-state index in [0.717, 1.165) is 18.6 Å². The average Bonchev–Trinajstić information content (AvgIpc) is 2.62. The third kappa shape index (κ3) is 4.47. The summed E-state index contributed by atoms with van der Waals surface area (Å²) in [5.41, 5.74) is 3.34. The number of carbonyl (C=O) groups is 1. The molecule has 2 aromatic rings. The zero-order valence-corrected chi connectivity index (χ0v) is 15.7. The highest BCUT2D eigenvalue weighted by molar-refractivity contribution is 6.42. The van der Waals surface area contributed by atoms with Gasteiger partial charge in [0.1, 0.15) is 5.75 Å². The number of aryl methyl sites for hydroxylation is 2. The van der Waals surface area contributed by atoms with Crippen LogP contribution in [0.4, 0.5) is 5.69 Å². The fourth-order valence-corrected chi connectivity index (χ4v) is 3.36. The number of anilines is 1. The number of carbonyl (C=O) groups excluding carboxylic acids is 1. The van der Waals surface area contributed by atoms with Gasteiger partial charge in [0.15, 0.2) is 6.10 Å². The Morgan fingerprint density at radius 3 is 2.56 bits per heavy atom. The molecule has 0 heterocycles. The van der Waals surface area contributed by atoms with Gasteiger partial charge >= 0.3 is 0 Å². The standard InChI is InChI=1S/C20H21Cl2NO2/c1-2-19(20(24)23-15-8-10-17(21)18(22)12-15)25-16-9-7-13-5-3-4-6-14(13)11-16/h7-12,19H,2-6H2,1H3,(H,23,24). The Kier molecular flexibility index (Phi) is 5.87. The molecule has 0 saturated heterocycles. The SMILES string of the molecule is CCC(Oc1ccc2c(c1)CCCC2)C(=O)Nc1ccc(Cl)c(Cl)c1. The monoisotopic (exact) mass is 377 g/mol. The van der Waals surface area contributed by atoms with Gasteiger partial charge in [0.05, 0.1) is 10.0 Å². The highest BCUT2D eigenvalue weighted by Crippen LogP contribution is 2.27. The molecular formula is C20H21Cl2NO2. The van der Waals surface area contributed by atoms with Crippen LogP contribution in [0.2, 0.25) is 10.0 Å². The second-order valence-electron chi connectivity index (χ2n) is 6.27. The Hall–Kier alpha value is -1.71. The van der Waals surface area contributed by atoms with E-state index >= 15 is 0 Å². The normalized spacial score (nSPS) is 14.5. The zero-order chi connectivity index (χ0) is 17.8. The molecule has 1 aliphatic rings. The fraction of sp³-hybridized carbons (Fsp3) is 0.350. The maximum Gasteiger partial charge on any atom is 0.265 e. The highest BCUT2D eigenvalue weighted by atomic mass is 35.5. The molecule has 2 aromatic carbocycles. The molecule has 0 fully saturated rings. The van der Waals surface area contributed by atoms with E-state index in [4.69, 9.17) is 27.9 Å². The van der Waals surface area contributed by atoms with Crippen molar-refractivity contribution in [3.63, 3.8) is 0 Å². The number of nitrogens with one attached hydrogen (secondary N) is 1. The number of rotatable bonds is 5. The van der Waals surface area contributed by atoms with Crippen molar-refractivity contribution in [2.45, 2.75) is 45.1 Å². The molecule has 1 N–H and O–H groups in total. The number of benzene rings is 2. The average molecular weight is 378 g/mol. The maximum absolute atomic E-state index is 12.5. The molecule has 0 aromatic heterocycles. The topological polar surface area (TPSA) is 38.3 Å². The lowest BCUT2D eigenvalue weighted by Crippen LogP contribution is -2.32. The van der Waals surface area contributed by atoms with Crippen LogP contribution in [0, 0.1) is 0 Å². The highest BCUT2D eigenvalue weighted by Gasteiger charge is 2.20. The van der Waals surface area contributed by atoms with Gasteiger partial charge in [0, 0.05) is 5.69 Å². The van der Waals surface area contributed by atoms with Crippen LogP contribution in [0.15, 0.2) is 36.4 Å². The molecule has 1 atom stereocenters. The molecule has 0 spiro atoms. The molecule has 1 aliphatic carbocycles. The van der Waals surface area contributed by atoms with Gasteiger partial charge in [-0.05, 0) is 73.6 Å². The Morgan fingerprint density at radius 2 is 1.84 bits per heavy atom. The van der Waals surface area contributed by atoms with E-state index in [1.165, 1.54) is 24.0 Å². The molecule has 0 aliphatic heterocycles. The minimum atomic E-state index is -0.559. The van der Waals surface area contributed by atoms with Gasteiger partial charge in [-0.15, -0.1) is 0 Å². The quantitative estimate of drug-likeness (QED) is 0.728. The van der Waals surface area contributed by atoms with Crippen molar-refractivity contribution >= 4 is 34.8 Å². The second kappa shape index (κ2) is 8.11. The van der Waals surface area contributed by atoms with Crippen molar-refractivity contribution in [3.05, 3.63) is 57.6 Å². The first-order chi connectivity index (χ1) is 12.1. The molecule has 3 nitrogen and oxygen atoms in total. The number of amides is 1. The molecule has 132 valence electrons. The summed E-state index contributed by atoms with van der Waals surface area (Å²) in [7, 11) is 0. The van der Waals surface area contributed by atoms with Crippen LogP contribution in [-0.2, 0) is 17.6 Å². The van der Waals surface area contributed by atoms with Gasteiger partial charge in [-0.1, -0.05) is 36.2 Å². The second-order valence-corrected chi connectivity index (χ2v) is 7.08. The minimum absolute atomic E-state index is 0.196. The molecule has 3 rings (SSSR count). The predicted octanol–water partition coefficient (Wildman–Crippen LogP) is 5.67. The molecule has 0 radical (unpaired) electrons. The molecule has 25 heavy (non-hydrogen) atoms. The molecular weight excluding hydrogens is 357 g/mol. The van der Waals surface area contributed by atoms with Crippen molar-refractivity contribution in [2.75, 3.05) is 5.32 Å². The summed E-state index contributed by atoms with van der Waals surface area (Å²) in [6, 6.07) is 11.2. The summed E-state index contributed by atoms with van der Waals surface area (Å²) in [4.78, 5) is 12.5. The van der Waals surface area contributed by atoms with Crippen molar-refractivity contribution in [2.24, 2.45) is 0 Å². The molecule has 0 saturated carbocycles. The van der Waals surface area contributed by atoms with Crippen LogP contribution in [0.5, 0.6) is 5.75 Å². The lowest BCUT2D eigenvalue weighted by molar-refractivity contribution is -0.122. The predicted molar refractivity (Wildman–Crippen MR) is 103 cm³/mol. The summed E-state index contributed by atoms with van der Waals surface area (Å²) in [6.45, 7) is 1.93. The summed E-state index contributed by atoms with van der Waals surface area (Å²) < 4.78 is 5.95. The van der Waals surface area contributed by atoms with Gasteiger partial charge in [0.25, 0.3) is 5.91 Å². The summed E-state index contributed by atoms with van der Waals surface area (Å²) >= 11 is 11.9. The van der Waals surface area contributed by atoms with E-state index in [2.05, 4.69) is 17.4 Å². The van der Waals surface area contributed by atoms with Crippen molar-refractivity contribution in [3.8, 4) is 5.75 Å². The van der Waals surface area contributed by atoms with Gasteiger partial charge in [-0.25, -0.2) is 0 Å². The lowest BCUT2D eigenvalue weighted by atomic mass is 9.92. The number of hydrogen-bond acceptors (Lipinski definition) is 2. The van der Waals surface area contributed by atoms with Crippen LogP contribution < -0.4 is 10.1 Å². The van der Waals surface area contributed by atoms with Gasteiger partial charge < -0.3 is 10.1 Å². The lowest BCUT2D eigenvalue weighted by Gasteiger charge is -2.20. The van der Waals surface area contributed by atoms with E-state index in [9.17, 15) is 4.79 Å². The third-order valence-corrected chi connectivity index (χ3v) is 5.19. The van der Waals surface area contributed by atoms with E-state index in [1.807, 2.05) is 13.0 Å². The maximum atomic E-state index is 12.5. The summed E-state index contributed by atoms with van der Waals surface area (Å²) in [5, 5.41) is 3.70. The Bertz CT molecular complexity index is 776. The zero-order valence-electron chi connectivity index (χ0n) is 14.1. The minimum Gasteiger partial charge on any atom is -0.481 e.